The lowest BCUT2D eigenvalue weighted by Gasteiger charge is -2.22. The van der Waals surface area contributed by atoms with Crippen molar-refractivity contribution in [1.82, 2.24) is 15.2 Å². The Kier molecular flexibility index (Phi) is 5.76. The largest absolute Gasteiger partial charge is 0.352 e. The summed E-state index contributed by atoms with van der Waals surface area (Å²) in [6.45, 7) is 4.65. The Bertz CT molecular complexity index is 1010. The van der Waals surface area contributed by atoms with Crippen molar-refractivity contribution in [2.24, 2.45) is 5.92 Å². The minimum atomic E-state index is -0.0206. The van der Waals surface area contributed by atoms with Crippen molar-refractivity contribution in [1.29, 1.82) is 0 Å². The highest BCUT2D eigenvalue weighted by atomic mass is 16.2. The van der Waals surface area contributed by atoms with E-state index in [-0.39, 0.29) is 11.8 Å². The van der Waals surface area contributed by atoms with Crippen LogP contribution in [-0.4, -0.2) is 36.0 Å². The van der Waals surface area contributed by atoms with Gasteiger partial charge >= 0.3 is 0 Å². The summed E-state index contributed by atoms with van der Waals surface area (Å²) in [4.78, 5) is 24.5. The van der Waals surface area contributed by atoms with Crippen molar-refractivity contribution in [2.45, 2.75) is 26.2 Å². The molecule has 0 aliphatic carbocycles. The number of hydrogen-bond donors (Lipinski definition) is 2. The summed E-state index contributed by atoms with van der Waals surface area (Å²) in [5.74, 6) is 0.588. The molecule has 0 bridgehead atoms. The van der Waals surface area contributed by atoms with Gasteiger partial charge in [-0.3, -0.25) is 14.2 Å². The lowest BCUT2D eigenvalue weighted by atomic mass is 9.99. The molecule has 0 spiro atoms. The highest BCUT2D eigenvalue weighted by Crippen LogP contribution is 2.26. The van der Waals surface area contributed by atoms with Gasteiger partial charge in [0.1, 0.15) is 0 Å². The summed E-state index contributed by atoms with van der Waals surface area (Å²) in [6, 6.07) is 15.8. The number of fused-ring (bicyclic) bond motifs is 1. The summed E-state index contributed by atoms with van der Waals surface area (Å²) >= 11 is 0. The van der Waals surface area contributed by atoms with Gasteiger partial charge in [-0.05, 0) is 73.3 Å². The maximum atomic E-state index is 12.4. The van der Waals surface area contributed by atoms with Crippen LogP contribution in [0.25, 0.3) is 22.0 Å². The Morgan fingerprint density at radius 2 is 1.90 bits per heavy atom. The molecule has 2 heterocycles. The van der Waals surface area contributed by atoms with Gasteiger partial charge in [-0.2, -0.15) is 0 Å². The summed E-state index contributed by atoms with van der Waals surface area (Å²) < 4.78 is 1.70. The molecule has 1 amide bonds. The normalized spacial score (nSPS) is 16.7. The van der Waals surface area contributed by atoms with Crippen LogP contribution in [0.3, 0.4) is 0 Å². The Morgan fingerprint density at radius 3 is 2.62 bits per heavy atom. The van der Waals surface area contributed by atoms with Gasteiger partial charge in [0.25, 0.3) is 5.91 Å². The maximum absolute atomic E-state index is 12.4. The first-order valence-corrected chi connectivity index (χ1v) is 10.4. The second-order valence-electron chi connectivity index (χ2n) is 7.71. The Labute approximate surface area is 171 Å². The van der Waals surface area contributed by atoms with E-state index in [4.69, 9.17) is 0 Å². The number of hydrogen-bond acceptors (Lipinski definition) is 3. The van der Waals surface area contributed by atoms with E-state index < -0.39 is 0 Å². The zero-order valence-electron chi connectivity index (χ0n) is 16.8. The van der Waals surface area contributed by atoms with Gasteiger partial charge < -0.3 is 10.6 Å². The predicted molar refractivity (Wildman–Crippen MR) is 116 cm³/mol. The Morgan fingerprint density at radius 1 is 1.10 bits per heavy atom. The number of piperidine rings is 1. The molecule has 0 saturated carbocycles. The van der Waals surface area contributed by atoms with Gasteiger partial charge in [-0.15, -0.1) is 0 Å². The minimum absolute atomic E-state index is 0.0206. The number of carbonyl (C=O) groups is 2. The van der Waals surface area contributed by atoms with E-state index in [1.165, 1.54) is 12.8 Å². The van der Waals surface area contributed by atoms with Crippen molar-refractivity contribution in [3.8, 4) is 11.1 Å². The first-order chi connectivity index (χ1) is 14.2. The zero-order chi connectivity index (χ0) is 20.2. The molecule has 4 rings (SSSR count). The van der Waals surface area contributed by atoms with Gasteiger partial charge in [0.05, 0.1) is 5.52 Å². The molecule has 3 aromatic rings. The van der Waals surface area contributed by atoms with Crippen LogP contribution < -0.4 is 10.6 Å². The van der Waals surface area contributed by atoms with E-state index in [0.29, 0.717) is 17.9 Å². The molecule has 1 fully saturated rings. The standard InChI is InChI=1S/C24H27N3O2/c1-2-23(28)27-13-11-21-14-20(9-10-22(21)27)18-5-7-19(8-6-18)24(29)26-16-17-4-3-12-25-15-17/h5-11,13-14,17,25H,2-4,12,15-16H2,1H3,(H,26,29). The molecular weight excluding hydrogens is 362 g/mol. The molecular formula is C24H27N3O2. The molecule has 1 aromatic heterocycles. The van der Waals surface area contributed by atoms with Crippen molar-refractivity contribution in [2.75, 3.05) is 19.6 Å². The van der Waals surface area contributed by atoms with Gasteiger partial charge in [-0.1, -0.05) is 25.1 Å². The lowest BCUT2D eigenvalue weighted by Crippen LogP contribution is -2.38. The first kappa shape index (κ1) is 19.4. The first-order valence-electron chi connectivity index (χ1n) is 10.4. The van der Waals surface area contributed by atoms with Crippen LogP contribution in [0.4, 0.5) is 0 Å². The van der Waals surface area contributed by atoms with Crippen LogP contribution in [0.15, 0.2) is 54.7 Å². The number of amides is 1. The zero-order valence-corrected chi connectivity index (χ0v) is 16.8. The van der Waals surface area contributed by atoms with Gasteiger partial charge in [0.2, 0.25) is 5.91 Å². The van der Waals surface area contributed by atoms with E-state index >= 15 is 0 Å². The molecule has 1 aliphatic rings. The second-order valence-corrected chi connectivity index (χ2v) is 7.71. The second kappa shape index (κ2) is 8.62. The molecule has 1 unspecified atom stereocenters. The van der Waals surface area contributed by atoms with Crippen LogP contribution in [0.2, 0.25) is 0 Å². The van der Waals surface area contributed by atoms with Crippen LogP contribution in [0.5, 0.6) is 0 Å². The molecule has 5 heteroatoms. The Hall–Kier alpha value is -2.92. The molecule has 1 aliphatic heterocycles. The topological polar surface area (TPSA) is 63.1 Å². The third-order valence-electron chi connectivity index (χ3n) is 5.69. The van der Waals surface area contributed by atoms with Crippen LogP contribution in [-0.2, 0) is 0 Å². The van der Waals surface area contributed by atoms with E-state index in [1.807, 2.05) is 55.6 Å². The Balaban J connectivity index is 1.45. The maximum Gasteiger partial charge on any atom is 0.251 e. The van der Waals surface area contributed by atoms with Crippen molar-refractivity contribution in [3.05, 3.63) is 60.3 Å². The fourth-order valence-electron chi connectivity index (χ4n) is 3.96. The van der Waals surface area contributed by atoms with Gasteiger partial charge in [0.15, 0.2) is 0 Å². The van der Waals surface area contributed by atoms with E-state index in [9.17, 15) is 9.59 Å². The fraction of sp³-hybridized carbons (Fsp3) is 0.333. The number of benzene rings is 2. The summed E-state index contributed by atoms with van der Waals surface area (Å²) in [5.41, 5.74) is 3.72. The number of aromatic nitrogens is 1. The molecule has 150 valence electrons. The molecule has 1 atom stereocenters. The van der Waals surface area contributed by atoms with E-state index in [0.717, 1.165) is 41.7 Å². The lowest BCUT2D eigenvalue weighted by molar-refractivity contribution is 0.0912. The van der Waals surface area contributed by atoms with E-state index in [2.05, 4.69) is 16.7 Å². The minimum Gasteiger partial charge on any atom is -0.352 e. The van der Waals surface area contributed by atoms with Gasteiger partial charge in [0, 0.05) is 30.1 Å². The molecule has 1 saturated heterocycles. The van der Waals surface area contributed by atoms with Crippen molar-refractivity contribution >= 4 is 22.7 Å². The smallest absolute Gasteiger partial charge is 0.251 e. The van der Waals surface area contributed by atoms with Crippen LogP contribution in [0, 0.1) is 5.92 Å². The molecule has 0 radical (unpaired) electrons. The molecule has 2 N–H and O–H groups in total. The number of nitrogens with one attached hydrogen (secondary N) is 2. The van der Waals surface area contributed by atoms with Crippen molar-refractivity contribution in [3.63, 3.8) is 0 Å². The SMILES string of the molecule is CCC(=O)n1ccc2cc(-c3ccc(C(=O)NCC4CCCNC4)cc3)ccc21. The number of nitrogens with zero attached hydrogens (tertiary/aromatic N) is 1. The van der Waals surface area contributed by atoms with E-state index in [1.54, 1.807) is 4.57 Å². The number of rotatable bonds is 5. The quantitative estimate of drug-likeness (QED) is 0.691. The average molecular weight is 389 g/mol. The summed E-state index contributed by atoms with van der Waals surface area (Å²) in [7, 11) is 0. The molecule has 29 heavy (non-hydrogen) atoms. The van der Waals surface area contributed by atoms with Gasteiger partial charge in [-0.25, -0.2) is 0 Å². The monoisotopic (exact) mass is 389 g/mol. The van der Waals surface area contributed by atoms with Crippen molar-refractivity contribution < 1.29 is 9.59 Å². The molecule has 5 nitrogen and oxygen atoms in total. The highest BCUT2D eigenvalue weighted by Gasteiger charge is 2.15. The third kappa shape index (κ3) is 4.25. The average Bonchev–Trinajstić information content (AvgIpc) is 3.21. The number of carbonyl (C=O) groups excluding carboxylic acids is 2. The highest BCUT2D eigenvalue weighted by molar-refractivity contribution is 5.96. The third-order valence-corrected chi connectivity index (χ3v) is 5.69. The van der Waals surface area contributed by atoms with Crippen LogP contribution >= 0.6 is 0 Å². The summed E-state index contributed by atoms with van der Waals surface area (Å²) in [6.07, 6.45) is 4.65. The fourth-order valence-corrected chi connectivity index (χ4v) is 3.96. The van der Waals surface area contributed by atoms with Crippen LogP contribution in [0.1, 0.15) is 41.3 Å². The summed E-state index contributed by atoms with van der Waals surface area (Å²) in [5, 5.41) is 7.47. The molecule has 2 aromatic carbocycles. The predicted octanol–water partition coefficient (Wildman–Crippen LogP) is 4.09.